The third kappa shape index (κ3) is 4.35. The Bertz CT molecular complexity index is 466. The molecule has 1 aromatic rings. The zero-order valence-corrected chi connectivity index (χ0v) is 12.2. The van der Waals surface area contributed by atoms with Crippen LogP contribution in [0.25, 0.3) is 0 Å². The Balaban J connectivity index is 2.99. The Morgan fingerprint density at radius 2 is 1.80 bits per heavy atom. The van der Waals surface area contributed by atoms with Crippen LogP contribution >= 0.6 is 0 Å². The maximum atomic E-state index is 12.5. The summed E-state index contributed by atoms with van der Waals surface area (Å²) in [5.74, 6) is -1.20. The monoisotopic (exact) mass is 278 g/mol. The van der Waals surface area contributed by atoms with Gasteiger partial charge in [-0.1, -0.05) is 39.0 Å². The number of nitrogens with zero attached hydrogens (tertiary/aromatic N) is 1. The van der Waals surface area contributed by atoms with Gasteiger partial charge in [0.1, 0.15) is 0 Å². The van der Waals surface area contributed by atoms with Crippen molar-refractivity contribution in [1.82, 2.24) is 0 Å². The lowest BCUT2D eigenvalue weighted by Gasteiger charge is -2.32. The zero-order chi connectivity index (χ0) is 15.3. The van der Waals surface area contributed by atoms with E-state index in [0.29, 0.717) is 5.69 Å². The first-order valence-electron chi connectivity index (χ1n) is 6.57. The normalized spacial score (nSPS) is 12.8. The molecule has 1 aromatic carbocycles. The molecule has 1 amide bonds. The molecule has 1 unspecified atom stereocenters. The Hall–Kier alpha value is -1.88. The molecule has 0 bridgehead atoms. The van der Waals surface area contributed by atoms with E-state index in [9.17, 15) is 9.59 Å². The predicted molar refractivity (Wildman–Crippen MR) is 78.5 cm³/mol. The highest BCUT2D eigenvalue weighted by molar-refractivity contribution is 5.97. The third-order valence-electron chi connectivity index (χ3n) is 3.08. The summed E-state index contributed by atoms with van der Waals surface area (Å²) < 4.78 is 0. The van der Waals surface area contributed by atoms with Gasteiger partial charge >= 0.3 is 5.97 Å². The van der Waals surface area contributed by atoms with Crippen molar-refractivity contribution in [1.29, 1.82) is 0 Å². The van der Waals surface area contributed by atoms with Gasteiger partial charge in [-0.2, -0.15) is 0 Å². The van der Waals surface area contributed by atoms with Gasteiger partial charge in [0.25, 0.3) is 0 Å². The molecule has 0 aliphatic heterocycles. The second kappa shape index (κ2) is 6.52. The van der Waals surface area contributed by atoms with E-state index in [1.807, 2.05) is 26.8 Å². The topological polar surface area (TPSA) is 83.6 Å². The van der Waals surface area contributed by atoms with Gasteiger partial charge in [-0.15, -0.1) is 0 Å². The van der Waals surface area contributed by atoms with Gasteiger partial charge in [0.05, 0.1) is 12.5 Å². The number of hydrogen-bond donors (Lipinski definition) is 2. The summed E-state index contributed by atoms with van der Waals surface area (Å²) in [6.07, 6.45) is -0.114. The van der Waals surface area contributed by atoms with Crippen molar-refractivity contribution in [3.8, 4) is 0 Å². The predicted octanol–water partition coefficient (Wildman–Crippen LogP) is 1.87. The Morgan fingerprint density at radius 1 is 1.25 bits per heavy atom. The molecule has 0 saturated carbocycles. The van der Waals surface area contributed by atoms with E-state index in [4.69, 9.17) is 10.8 Å². The molecular weight excluding hydrogens is 256 g/mol. The largest absolute Gasteiger partial charge is 0.481 e. The van der Waals surface area contributed by atoms with Crippen molar-refractivity contribution in [3.63, 3.8) is 0 Å². The standard InChI is InChI=1S/C15H22N2O3/c1-15(2,3)13(16)14(20)17(10-9-12(18)19)11-7-5-4-6-8-11/h4-8,13H,9-10,16H2,1-3H3,(H,18,19). The molecule has 0 radical (unpaired) electrons. The number of carboxylic acid groups (broad SMARTS) is 1. The lowest BCUT2D eigenvalue weighted by Crippen LogP contribution is -2.51. The van der Waals surface area contributed by atoms with Crippen LogP contribution in [0, 0.1) is 5.41 Å². The molecule has 0 aliphatic rings. The first-order chi connectivity index (χ1) is 9.23. The lowest BCUT2D eigenvalue weighted by atomic mass is 9.86. The fourth-order valence-electron chi connectivity index (χ4n) is 1.72. The van der Waals surface area contributed by atoms with Crippen LogP contribution in [0.3, 0.4) is 0 Å². The SMILES string of the molecule is CC(C)(C)C(N)C(=O)N(CCC(=O)O)c1ccccc1. The van der Waals surface area contributed by atoms with Crippen LogP contribution in [0.4, 0.5) is 5.69 Å². The quantitative estimate of drug-likeness (QED) is 0.861. The van der Waals surface area contributed by atoms with E-state index < -0.39 is 12.0 Å². The smallest absolute Gasteiger partial charge is 0.305 e. The number of para-hydroxylation sites is 1. The maximum Gasteiger partial charge on any atom is 0.305 e. The molecule has 1 rings (SSSR count). The molecule has 110 valence electrons. The lowest BCUT2D eigenvalue weighted by molar-refractivity contribution is -0.136. The highest BCUT2D eigenvalue weighted by atomic mass is 16.4. The summed E-state index contributed by atoms with van der Waals surface area (Å²) >= 11 is 0. The van der Waals surface area contributed by atoms with Crippen molar-refractivity contribution in [2.75, 3.05) is 11.4 Å². The van der Waals surface area contributed by atoms with Crippen molar-refractivity contribution in [2.24, 2.45) is 11.1 Å². The molecule has 0 spiro atoms. The van der Waals surface area contributed by atoms with E-state index in [1.165, 1.54) is 4.90 Å². The summed E-state index contributed by atoms with van der Waals surface area (Å²) in [6, 6.07) is 8.31. The van der Waals surface area contributed by atoms with Gasteiger partial charge in [0.2, 0.25) is 5.91 Å². The van der Waals surface area contributed by atoms with E-state index >= 15 is 0 Å². The Labute approximate surface area is 119 Å². The molecule has 5 nitrogen and oxygen atoms in total. The molecule has 0 fully saturated rings. The van der Waals surface area contributed by atoms with Crippen LogP contribution in [-0.4, -0.2) is 29.6 Å². The van der Waals surface area contributed by atoms with Gasteiger partial charge in [-0.3, -0.25) is 9.59 Å². The fourth-order valence-corrected chi connectivity index (χ4v) is 1.72. The average molecular weight is 278 g/mol. The molecule has 1 atom stereocenters. The van der Waals surface area contributed by atoms with Gasteiger partial charge < -0.3 is 15.7 Å². The first-order valence-corrected chi connectivity index (χ1v) is 6.57. The summed E-state index contributed by atoms with van der Waals surface area (Å²) in [5.41, 5.74) is 6.28. The highest BCUT2D eigenvalue weighted by Gasteiger charge is 2.31. The van der Waals surface area contributed by atoms with Gasteiger partial charge in [-0.25, -0.2) is 0 Å². The molecule has 0 aliphatic carbocycles. The molecule has 3 N–H and O–H groups in total. The van der Waals surface area contributed by atoms with Crippen LogP contribution in [0.5, 0.6) is 0 Å². The number of aliphatic carboxylic acids is 1. The molecular formula is C15H22N2O3. The fraction of sp³-hybridized carbons (Fsp3) is 0.467. The van der Waals surface area contributed by atoms with Crippen molar-refractivity contribution < 1.29 is 14.7 Å². The summed E-state index contributed by atoms with van der Waals surface area (Å²) in [5, 5.41) is 8.82. The minimum Gasteiger partial charge on any atom is -0.481 e. The number of benzene rings is 1. The van der Waals surface area contributed by atoms with E-state index in [-0.39, 0.29) is 24.3 Å². The number of anilines is 1. The van der Waals surface area contributed by atoms with Crippen LogP contribution in [0.2, 0.25) is 0 Å². The molecule has 5 heteroatoms. The van der Waals surface area contributed by atoms with Crippen LogP contribution < -0.4 is 10.6 Å². The third-order valence-corrected chi connectivity index (χ3v) is 3.08. The molecule has 0 heterocycles. The molecule has 20 heavy (non-hydrogen) atoms. The van der Waals surface area contributed by atoms with E-state index in [1.54, 1.807) is 24.3 Å². The Morgan fingerprint density at radius 3 is 2.25 bits per heavy atom. The van der Waals surface area contributed by atoms with E-state index in [2.05, 4.69) is 0 Å². The number of hydrogen-bond acceptors (Lipinski definition) is 3. The molecule has 0 aromatic heterocycles. The average Bonchev–Trinajstić information content (AvgIpc) is 2.37. The van der Waals surface area contributed by atoms with Crippen molar-refractivity contribution in [3.05, 3.63) is 30.3 Å². The highest BCUT2D eigenvalue weighted by Crippen LogP contribution is 2.22. The number of carbonyl (C=O) groups excluding carboxylic acids is 1. The Kier molecular flexibility index (Phi) is 5.27. The van der Waals surface area contributed by atoms with Crippen LogP contribution in [0.1, 0.15) is 27.2 Å². The van der Waals surface area contributed by atoms with E-state index in [0.717, 1.165) is 0 Å². The number of amides is 1. The second-order valence-electron chi connectivity index (χ2n) is 5.81. The van der Waals surface area contributed by atoms with Gasteiger partial charge in [-0.05, 0) is 17.5 Å². The van der Waals surface area contributed by atoms with Crippen LogP contribution in [-0.2, 0) is 9.59 Å². The maximum absolute atomic E-state index is 12.5. The van der Waals surface area contributed by atoms with Crippen molar-refractivity contribution in [2.45, 2.75) is 33.2 Å². The molecule has 0 saturated heterocycles. The zero-order valence-electron chi connectivity index (χ0n) is 12.2. The second-order valence-corrected chi connectivity index (χ2v) is 5.81. The first kappa shape index (κ1) is 16.2. The number of carbonyl (C=O) groups is 2. The number of carboxylic acids is 1. The van der Waals surface area contributed by atoms with Gasteiger partial charge in [0, 0.05) is 12.2 Å². The minimum atomic E-state index is -0.942. The summed E-state index contributed by atoms with van der Waals surface area (Å²) in [4.78, 5) is 24.7. The van der Waals surface area contributed by atoms with Gasteiger partial charge in [0.15, 0.2) is 0 Å². The summed E-state index contributed by atoms with van der Waals surface area (Å²) in [7, 11) is 0. The number of rotatable bonds is 5. The summed E-state index contributed by atoms with van der Waals surface area (Å²) in [6.45, 7) is 5.77. The van der Waals surface area contributed by atoms with Crippen LogP contribution in [0.15, 0.2) is 30.3 Å². The number of nitrogens with two attached hydrogens (primary N) is 1. The minimum absolute atomic E-state index is 0.113. The van der Waals surface area contributed by atoms with Crippen molar-refractivity contribution >= 4 is 17.6 Å².